The monoisotopic (exact) mass is 721 g/mol. The van der Waals surface area contributed by atoms with Gasteiger partial charge in [0.2, 0.25) is 11.7 Å². The van der Waals surface area contributed by atoms with E-state index in [1.54, 1.807) is 0 Å². The Labute approximate surface area is 299 Å². The number of likely N-dealkylation sites (tertiary alicyclic amines) is 1. The lowest BCUT2D eigenvalue weighted by Gasteiger charge is -2.44. The van der Waals surface area contributed by atoms with E-state index < -0.39 is 59.2 Å². The predicted molar refractivity (Wildman–Crippen MR) is 184 cm³/mol. The summed E-state index contributed by atoms with van der Waals surface area (Å²) >= 11 is 0. The van der Waals surface area contributed by atoms with E-state index in [1.165, 1.54) is 4.90 Å². The number of halogens is 3. The second-order valence-corrected chi connectivity index (χ2v) is 13.8. The maximum Gasteiger partial charge on any atom is 0.335 e. The smallest absolute Gasteiger partial charge is 0.335 e. The van der Waals surface area contributed by atoms with Gasteiger partial charge in [-0.15, -0.1) is 0 Å². The number of fused-ring (bicyclic) bond motifs is 1. The molecule has 1 fully saturated rings. The van der Waals surface area contributed by atoms with Crippen molar-refractivity contribution in [2.45, 2.75) is 75.7 Å². The van der Waals surface area contributed by atoms with Crippen LogP contribution < -0.4 is 4.74 Å². The van der Waals surface area contributed by atoms with Crippen LogP contribution in [0, 0.1) is 30.3 Å². The number of aryl methyl sites for hydroxylation is 2. The third kappa shape index (κ3) is 8.15. The lowest BCUT2D eigenvalue weighted by atomic mass is 9.74. The SMILES string of the molecule is Cc1ccccc1CCN(C(=O)C1C2=N[C@H](CC1c1ccc(CCCOc3c(F)ccc(F)c3F)cc1)CN(C(=O)[C@@H](O)[C@@H](O)C(=O)O)C2)C1CC1. The topological polar surface area (TPSA) is 140 Å². The molecule has 10 nitrogen and oxygen atoms in total. The van der Waals surface area contributed by atoms with Gasteiger partial charge in [0.25, 0.3) is 5.91 Å². The molecular weight excluding hydrogens is 679 g/mol. The number of ether oxygens (including phenoxy) is 1. The fraction of sp³-hybridized carbons (Fsp3) is 0.436. The van der Waals surface area contributed by atoms with Crippen molar-refractivity contribution in [3.8, 4) is 5.75 Å². The number of aliphatic hydroxyl groups excluding tert-OH is 2. The Morgan fingerprint density at radius 3 is 2.37 bits per heavy atom. The molecule has 1 aliphatic carbocycles. The van der Waals surface area contributed by atoms with Gasteiger partial charge in [0.05, 0.1) is 25.1 Å². The van der Waals surface area contributed by atoms with Gasteiger partial charge in [-0.2, -0.15) is 4.39 Å². The molecular formula is C39H42F3N3O7. The molecule has 3 aromatic carbocycles. The Hall–Kier alpha value is -4.75. The number of nitrogens with zero attached hydrogens (tertiary/aromatic N) is 3. The van der Waals surface area contributed by atoms with Crippen LogP contribution in [0.2, 0.25) is 0 Å². The zero-order valence-corrected chi connectivity index (χ0v) is 28.8. The van der Waals surface area contributed by atoms with Crippen molar-refractivity contribution in [3.05, 3.63) is 100 Å². The van der Waals surface area contributed by atoms with Crippen LogP contribution in [0.4, 0.5) is 13.2 Å². The predicted octanol–water partition coefficient (Wildman–Crippen LogP) is 4.22. The maximum absolute atomic E-state index is 14.7. The molecule has 0 spiro atoms. The number of rotatable bonds is 14. The van der Waals surface area contributed by atoms with Crippen LogP contribution in [-0.4, -0.2) is 99.1 Å². The van der Waals surface area contributed by atoms with E-state index >= 15 is 0 Å². The van der Waals surface area contributed by atoms with Crippen LogP contribution in [0.5, 0.6) is 5.75 Å². The summed E-state index contributed by atoms with van der Waals surface area (Å²) in [7, 11) is 0. The van der Waals surface area contributed by atoms with Crippen LogP contribution >= 0.6 is 0 Å². The van der Waals surface area contributed by atoms with E-state index in [0.29, 0.717) is 44.0 Å². The summed E-state index contributed by atoms with van der Waals surface area (Å²) in [5, 5.41) is 29.4. The molecule has 0 aromatic heterocycles. The first-order chi connectivity index (χ1) is 24.9. The third-order valence-electron chi connectivity index (χ3n) is 10.2. The van der Waals surface area contributed by atoms with Crippen molar-refractivity contribution in [1.29, 1.82) is 0 Å². The van der Waals surface area contributed by atoms with Crippen LogP contribution in [0.15, 0.2) is 65.7 Å². The first kappa shape index (κ1) is 37.0. The van der Waals surface area contributed by atoms with E-state index in [2.05, 4.69) is 6.07 Å². The molecule has 0 radical (unpaired) electrons. The molecule has 3 aromatic rings. The van der Waals surface area contributed by atoms with Crippen LogP contribution in [0.1, 0.15) is 53.9 Å². The second kappa shape index (κ2) is 15.9. The Bertz CT molecular complexity index is 1830. The lowest BCUT2D eigenvalue weighted by Crippen LogP contribution is -2.58. The van der Waals surface area contributed by atoms with Crippen molar-refractivity contribution in [3.63, 3.8) is 0 Å². The first-order valence-corrected chi connectivity index (χ1v) is 17.6. The van der Waals surface area contributed by atoms with E-state index in [0.717, 1.165) is 41.2 Å². The number of aliphatic imine (C=N–C) groups is 1. The van der Waals surface area contributed by atoms with Gasteiger partial charge in [-0.3, -0.25) is 14.6 Å². The molecule has 13 heteroatoms. The largest absolute Gasteiger partial charge is 0.488 e. The number of carbonyl (C=O) groups is 3. The Balaban J connectivity index is 1.20. The summed E-state index contributed by atoms with van der Waals surface area (Å²) in [6.07, 6.45) is -0.693. The summed E-state index contributed by atoms with van der Waals surface area (Å²) in [6, 6.07) is 16.9. The average molecular weight is 722 g/mol. The number of hydrogen-bond acceptors (Lipinski definition) is 7. The van der Waals surface area contributed by atoms with Crippen LogP contribution in [-0.2, 0) is 27.2 Å². The molecule has 2 heterocycles. The summed E-state index contributed by atoms with van der Waals surface area (Å²) in [5.74, 6) is -8.05. The molecule has 5 atom stereocenters. The maximum atomic E-state index is 14.7. The second-order valence-electron chi connectivity index (χ2n) is 13.8. The highest BCUT2D eigenvalue weighted by atomic mass is 19.2. The average Bonchev–Trinajstić information content (AvgIpc) is 3.98. The van der Waals surface area contributed by atoms with Crippen molar-refractivity contribution in [2.24, 2.45) is 10.9 Å². The highest BCUT2D eigenvalue weighted by molar-refractivity contribution is 6.08. The Kier molecular flexibility index (Phi) is 11.3. The minimum absolute atomic E-state index is 0.0351. The highest BCUT2D eigenvalue weighted by Crippen LogP contribution is 2.41. The molecule has 276 valence electrons. The minimum Gasteiger partial charge on any atom is -0.488 e. The van der Waals surface area contributed by atoms with Gasteiger partial charge in [-0.1, -0.05) is 48.5 Å². The lowest BCUT2D eigenvalue weighted by molar-refractivity contribution is -0.162. The Morgan fingerprint density at radius 2 is 1.67 bits per heavy atom. The normalized spacial score (nSPS) is 20.8. The quantitative estimate of drug-likeness (QED) is 0.167. The van der Waals surface area contributed by atoms with Gasteiger partial charge in [0.1, 0.15) is 0 Å². The van der Waals surface area contributed by atoms with E-state index in [9.17, 15) is 37.8 Å². The Morgan fingerprint density at radius 1 is 0.962 bits per heavy atom. The molecule has 52 heavy (non-hydrogen) atoms. The molecule has 2 unspecified atom stereocenters. The van der Waals surface area contributed by atoms with Gasteiger partial charge >= 0.3 is 5.97 Å². The third-order valence-corrected chi connectivity index (χ3v) is 10.2. The number of carboxylic acid groups (broad SMARTS) is 1. The summed E-state index contributed by atoms with van der Waals surface area (Å²) in [6.45, 7) is 2.51. The number of aliphatic carboxylic acids is 1. The van der Waals surface area contributed by atoms with Crippen LogP contribution in [0.25, 0.3) is 0 Å². The number of amides is 2. The number of benzene rings is 3. The molecule has 0 saturated heterocycles. The molecule has 2 bridgehead atoms. The molecule has 3 N–H and O–H groups in total. The number of carboxylic acids is 1. The first-order valence-electron chi connectivity index (χ1n) is 17.6. The van der Waals surface area contributed by atoms with E-state index in [1.807, 2.05) is 54.3 Å². The summed E-state index contributed by atoms with van der Waals surface area (Å²) in [5.41, 5.74) is 4.57. The van der Waals surface area contributed by atoms with Crippen molar-refractivity contribution >= 4 is 23.5 Å². The number of hydrogen-bond donors (Lipinski definition) is 3. The van der Waals surface area contributed by atoms with Crippen molar-refractivity contribution < 1.29 is 47.6 Å². The molecule has 2 amide bonds. The van der Waals surface area contributed by atoms with Gasteiger partial charge in [0, 0.05) is 30.8 Å². The fourth-order valence-electron chi connectivity index (χ4n) is 7.26. The van der Waals surface area contributed by atoms with Gasteiger partial charge in [0.15, 0.2) is 29.6 Å². The molecule has 3 aliphatic rings. The molecule has 6 rings (SSSR count). The minimum atomic E-state index is -2.29. The zero-order chi connectivity index (χ0) is 37.1. The van der Waals surface area contributed by atoms with E-state index in [4.69, 9.17) is 14.8 Å². The van der Waals surface area contributed by atoms with Crippen LogP contribution in [0.3, 0.4) is 0 Å². The molecule has 1 saturated carbocycles. The molecule has 2 aliphatic heterocycles. The fourth-order valence-corrected chi connectivity index (χ4v) is 7.26. The van der Waals surface area contributed by atoms with Gasteiger partial charge < -0.3 is 29.9 Å². The highest BCUT2D eigenvalue weighted by Gasteiger charge is 2.47. The number of aliphatic hydroxyl groups is 2. The van der Waals surface area contributed by atoms with Gasteiger partial charge in [-0.05, 0) is 79.8 Å². The van der Waals surface area contributed by atoms with Crippen molar-refractivity contribution in [2.75, 3.05) is 26.2 Å². The zero-order valence-electron chi connectivity index (χ0n) is 28.8. The summed E-state index contributed by atoms with van der Waals surface area (Å²) in [4.78, 5) is 47.2. The standard InChI is InChI=1S/C39H42F3N3O7/c1-22-5-2-3-7-24(22)16-17-45(27-12-13-27)37(48)32-28(19-26-20-44(21-31(32)43-26)38(49)34(46)35(47)39(50)51)25-10-8-23(9-11-25)6-4-18-52-36-30(41)15-14-29(40)33(36)42/h2-3,5,7-11,14-15,26-28,32,34-35,46-47H,4,6,12-13,16-21H2,1H3,(H,50,51)/t26-,28?,32?,34+,35-/m1/s1. The number of carbonyl (C=O) groups excluding carboxylic acids is 2. The summed E-state index contributed by atoms with van der Waals surface area (Å²) < 4.78 is 46.6. The van der Waals surface area contributed by atoms with Crippen molar-refractivity contribution in [1.82, 2.24) is 9.80 Å². The van der Waals surface area contributed by atoms with E-state index in [-0.39, 0.29) is 37.6 Å². The van der Waals surface area contributed by atoms with Gasteiger partial charge in [-0.25, -0.2) is 13.6 Å².